The van der Waals surface area contributed by atoms with Gasteiger partial charge in [-0.2, -0.15) is 0 Å². The summed E-state index contributed by atoms with van der Waals surface area (Å²) in [6, 6.07) is 10.2. The van der Waals surface area contributed by atoms with Crippen LogP contribution in [0.3, 0.4) is 0 Å². The first kappa shape index (κ1) is 21.6. The van der Waals surface area contributed by atoms with E-state index in [-0.39, 0.29) is 13.3 Å². The molecule has 4 rings (SSSR count). The van der Waals surface area contributed by atoms with Crippen LogP contribution in [0.15, 0.2) is 42.5 Å². The van der Waals surface area contributed by atoms with Crippen molar-refractivity contribution in [1.82, 2.24) is 15.5 Å². The van der Waals surface area contributed by atoms with Gasteiger partial charge in [0.1, 0.15) is 17.9 Å². The average molecular weight is 441 g/mol. The molecule has 2 N–H and O–H groups in total. The minimum atomic E-state index is -1.31. The van der Waals surface area contributed by atoms with E-state index in [4.69, 9.17) is 9.47 Å². The smallest absolute Gasteiger partial charge is 0.325 e. The number of hydrogen-bond donors (Lipinski definition) is 2. The van der Waals surface area contributed by atoms with E-state index in [0.29, 0.717) is 29.9 Å². The number of imide groups is 1. The number of fused-ring (bicyclic) bond motifs is 1. The van der Waals surface area contributed by atoms with Crippen LogP contribution < -0.4 is 20.1 Å². The molecule has 1 unspecified atom stereocenters. The molecular weight excluding hydrogens is 417 g/mol. The van der Waals surface area contributed by atoms with Crippen molar-refractivity contribution in [2.75, 3.05) is 13.3 Å². The molecule has 0 bridgehead atoms. The maximum Gasteiger partial charge on any atom is 0.325 e. The maximum atomic E-state index is 13.4. The normalized spacial score (nSPS) is 19.2. The van der Waals surface area contributed by atoms with Crippen LogP contribution in [0, 0.1) is 5.82 Å². The number of nitrogens with one attached hydrogen (secondary N) is 2. The van der Waals surface area contributed by atoms with E-state index < -0.39 is 35.7 Å². The van der Waals surface area contributed by atoms with Gasteiger partial charge in [0, 0.05) is 6.54 Å². The van der Waals surface area contributed by atoms with Crippen molar-refractivity contribution < 1.29 is 28.2 Å². The molecule has 168 valence electrons. The molecule has 8 nitrogen and oxygen atoms in total. The molecule has 9 heteroatoms. The largest absolute Gasteiger partial charge is 0.454 e. The average Bonchev–Trinajstić information content (AvgIpc) is 3.35. The zero-order valence-electron chi connectivity index (χ0n) is 17.7. The van der Waals surface area contributed by atoms with Crippen LogP contribution in [0.5, 0.6) is 11.5 Å². The number of amides is 4. The molecule has 32 heavy (non-hydrogen) atoms. The van der Waals surface area contributed by atoms with Gasteiger partial charge in [-0.25, -0.2) is 9.18 Å². The van der Waals surface area contributed by atoms with Gasteiger partial charge < -0.3 is 20.1 Å². The number of rotatable bonds is 8. The standard InChI is InChI=1S/C23H24FN3O5/c1-2-3-10-23(16-5-7-17(24)8-6-16)21(29)27(22(30)26-23)13-20(28)25-12-15-4-9-18-19(11-15)32-14-31-18/h4-9,11H,2-3,10,12-14H2,1H3,(H,25,28)(H,26,30). The van der Waals surface area contributed by atoms with E-state index in [9.17, 15) is 18.8 Å². The molecule has 2 aromatic carbocycles. The summed E-state index contributed by atoms with van der Waals surface area (Å²) in [4.78, 5) is 39.4. The van der Waals surface area contributed by atoms with Crippen molar-refractivity contribution >= 4 is 17.8 Å². The Bertz CT molecular complexity index is 1040. The summed E-state index contributed by atoms with van der Waals surface area (Å²) in [7, 11) is 0. The maximum absolute atomic E-state index is 13.4. The molecule has 0 saturated carbocycles. The number of carbonyl (C=O) groups excluding carboxylic acids is 3. The van der Waals surface area contributed by atoms with Gasteiger partial charge in [0.2, 0.25) is 12.7 Å². The van der Waals surface area contributed by atoms with Gasteiger partial charge in [0.25, 0.3) is 5.91 Å². The minimum Gasteiger partial charge on any atom is -0.454 e. The van der Waals surface area contributed by atoms with Crippen molar-refractivity contribution in [3.8, 4) is 11.5 Å². The van der Waals surface area contributed by atoms with Gasteiger partial charge in [-0.3, -0.25) is 14.5 Å². The molecule has 1 saturated heterocycles. The Hall–Kier alpha value is -3.62. The highest BCUT2D eigenvalue weighted by Crippen LogP contribution is 2.34. The molecule has 0 radical (unpaired) electrons. The molecule has 2 heterocycles. The fourth-order valence-electron chi connectivity index (χ4n) is 3.91. The third kappa shape index (κ3) is 4.10. The Labute approximate surface area is 184 Å². The summed E-state index contributed by atoms with van der Waals surface area (Å²) < 4.78 is 24.0. The summed E-state index contributed by atoms with van der Waals surface area (Å²) in [6.45, 7) is 1.93. The van der Waals surface area contributed by atoms with Crippen LogP contribution in [0.25, 0.3) is 0 Å². The molecule has 4 amide bonds. The molecule has 0 spiro atoms. The molecule has 0 aromatic heterocycles. The summed E-state index contributed by atoms with van der Waals surface area (Å²) in [5.74, 6) is -0.178. The fourth-order valence-corrected chi connectivity index (χ4v) is 3.91. The lowest BCUT2D eigenvalue weighted by Crippen LogP contribution is -2.45. The van der Waals surface area contributed by atoms with Crippen molar-refractivity contribution in [2.24, 2.45) is 0 Å². The number of benzene rings is 2. The van der Waals surface area contributed by atoms with Gasteiger partial charge in [-0.05, 0) is 41.8 Å². The molecule has 2 aromatic rings. The van der Waals surface area contributed by atoms with E-state index >= 15 is 0 Å². The second-order valence-corrected chi connectivity index (χ2v) is 7.80. The van der Waals surface area contributed by atoms with Crippen LogP contribution in [0.4, 0.5) is 9.18 Å². The highest BCUT2D eigenvalue weighted by molar-refractivity contribution is 6.09. The van der Waals surface area contributed by atoms with Crippen LogP contribution in [-0.2, 0) is 21.7 Å². The molecule has 1 fully saturated rings. The predicted octanol–water partition coefficient (Wildman–Crippen LogP) is 2.81. The van der Waals surface area contributed by atoms with Gasteiger partial charge in [-0.15, -0.1) is 0 Å². The van der Waals surface area contributed by atoms with Gasteiger partial charge in [-0.1, -0.05) is 38.0 Å². The number of nitrogens with zero attached hydrogens (tertiary/aromatic N) is 1. The number of urea groups is 1. The van der Waals surface area contributed by atoms with Gasteiger partial charge in [0.15, 0.2) is 11.5 Å². The molecule has 2 aliphatic heterocycles. The third-order valence-electron chi connectivity index (χ3n) is 5.65. The van der Waals surface area contributed by atoms with Crippen molar-refractivity contribution in [1.29, 1.82) is 0 Å². The Kier molecular flexibility index (Phi) is 5.98. The van der Waals surface area contributed by atoms with E-state index in [1.54, 1.807) is 18.2 Å². The monoisotopic (exact) mass is 441 g/mol. The van der Waals surface area contributed by atoms with E-state index in [1.807, 2.05) is 6.92 Å². The van der Waals surface area contributed by atoms with Gasteiger partial charge in [0.05, 0.1) is 0 Å². The Morgan fingerprint density at radius 3 is 2.66 bits per heavy atom. The van der Waals surface area contributed by atoms with E-state index in [0.717, 1.165) is 16.9 Å². The topological polar surface area (TPSA) is 97.0 Å². The molecule has 2 aliphatic rings. The second kappa shape index (κ2) is 8.86. The summed E-state index contributed by atoms with van der Waals surface area (Å²) in [5.41, 5.74) is -0.0179. The Morgan fingerprint density at radius 1 is 1.16 bits per heavy atom. The number of ether oxygens (including phenoxy) is 2. The minimum absolute atomic E-state index is 0.158. The molecular formula is C23H24FN3O5. The van der Waals surface area contributed by atoms with Crippen LogP contribution in [-0.4, -0.2) is 36.1 Å². The zero-order chi connectivity index (χ0) is 22.7. The van der Waals surface area contributed by atoms with Crippen molar-refractivity contribution in [2.45, 2.75) is 38.3 Å². The van der Waals surface area contributed by atoms with Crippen molar-refractivity contribution in [3.05, 3.63) is 59.4 Å². The van der Waals surface area contributed by atoms with Crippen LogP contribution in [0.1, 0.15) is 37.3 Å². The SMILES string of the molecule is CCCCC1(c2ccc(F)cc2)NC(=O)N(CC(=O)NCc2ccc3c(c2)OCO3)C1=O. The highest BCUT2D eigenvalue weighted by Gasteiger charge is 2.52. The third-order valence-corrected chi connectivity index (χ3v) is 5.65. The summed E-state index contributed by atoms with van der Waals surface area (Å²) >= 11 is 0. The number of hydrogen-bond acceptors (Lipinski definition) is 5. The second-order valence-electron chi connectivity index (χ2n) is 7.80. The molecule has 1 atom stereocenters. The quantitative estimate of drug-likeness (QED) is 0.614. The van der Waals surface area contributed by atoms with Crippen LogP contribution >= 0.6 is 0 Å². The highest BCUT2D eigenvalue weighted by atomic mass is 19.1. The van der Waals surface area contributed by atoms with Crippen molar-refractivity contribution in [3.63, 3.8) is 0 Å². The lowest BCUT2D eigenvalue weighted by Gasteiger charge is -2.27. The van der Waals surface area contributed by atoms with Crippen LogP contribution in [0.2, 0.25) is 0 Å². The number of halogens is 1. The lowest BCUT2D eigenvalue weighted by molar-refractivity contribution is -0.135. The summed E-state index contributed by atoms with van der Waals surface area (Å²) in [6.07, 6.45) is 1.84. The number of carbonyl (C=O) groups is 3. The Morgan fingerprint density at radius 2 is 1.91 bits per heavy atom. The predicted molar refractivity (Wildman–Crippen MR) is 112 cm³/mol. The van der Waals surface area contributed by atoms with Gasteiger partial charge >= 0.3 is 6.03 Å². The first-order valence-electron chi connectivity index (χ1n) is 10.5. The summed E-state index contributed by atoms with van der Waals surface area (Å²) in [5, 5.41) is 5.47. The molecule has 0 aliphatic carbocycles. The first-order valence-corrected chi connectivity index (χ1v) is 10.5. The lowest BCUT2D eigenvalue weighted by atomic mass is 9.85. The van der Waals surface area contributed by atoms with E-state index in [1.165, 1.54) is 24.3 Å². The zero-order valence-corrected chi connectivity index (χ0v) is 17.7. The first-order chi connectivity index (χ1) is 15.4. The van der Waals surface area contributed by atoms with E-state index in [2.05, 4.69) is 10.6 Å². The number of unbranched alkanes of at least 4 members (excludes halogenated alkanes) is 1. The fraction of sp³-hybridized carbons (Fsp3) is 0.348. The Balaban J connectivity index is 1.45.